The molecule has 3 nitrogen and oxygen atoms in total. The molecule has 3 aliphatic heterocycles. The molecule has 0 aromatic heterocycles. The molecule has 9 aromatic carbocycles. The van der Waals surface area contributed by atoms with Crippen LogP contribution in [-0.2, 0) is 21.7 Å². The van der Waals surface area contributed by atoms with E-state index in [0.717, 1.165) is 12.8 Å². The van der Waals surface area contributed by atoms with Crippen LogP contribution >= 0.6 is 0 Å². The van der Waals surface area contributed by atoms with Crippen molar-refractivity contribution in [3.05, 3.63) is 221 Å². The highest BCUT2D eigenvalue weighted by Crippen LogP contribution is 2.63. The topological polar surface area (TPSA) is 9.72 Å². The van der Waals surface area contributed by atoms with Crippen LogP contribution in [0.1, 0.15) is 135 Å². The van der Waals surface area contributed by atoms with Crippen molar-refractivity contribution >= 4 is 68.6 Å². The van der Waals surface area contributed by atoms with Crippen LogP contribution in [0.25, 0.3) is 33.4 Å². The highest BCUT2D eigenvalue weighted by Gasteiger charge is 2.59. The summed E-state index contributed by atoms with van der Waals surface area (Å²) in [5.74, 6) is 0. The Morgan fingerprint density at radius 3 is 1.38 bits per heavy atom. The molecule has 4 heteroatoms. The number of rotatable bonds is 6. The van der Waals surface area contributed by atoms with Gasteiger partial charge in [-0.1, -0.05) is 227 Å². The van der Waals surface area contributed by atoms with Crippen LogP contribution in [0.3, 0.4) is 0 Å². The van der Waals surface area contributed by atoms with Gasteiger partial charge >= 0.3 is 0 Å². The summed E-state index contributed by atoms with van der Waals surface area (Å²) in [7, 11) is 0. The number of anilines is 8. The van der Waals surface area contributed by atoms with Crippen molar-refractivity contribution in [2.75, 3.05) is 14.7 Å². The van der Waals surface area contributed by atoms with E-state index in [4.69, 9.17) is 0 Å². The Bertz CT molecular complexity index is 3890. The molecule has 0 amide bonds. The molecule has 1 aliphatic carbocycles. The van der Waals surface area contributed by atoms with Crippen molar-refractivity contribution < 1.29 is 0 Å². The van der Waals surface area contributed by atoms with E-state index >= 15 is 0 Å². The SMILES string of the molecule is Cc1cc(C)c2c(c1)C1(C)CCCCC1(C)N2c1cc2c3c(c1)N(c1ccc(C(C)(C)C)cc1-c1ccccc1)c1ccc(C(C)(C)C)cc1B3c1cc(-c3ccccc3)ccc1N2c1ccc(C(C)(C)C)cc1-c1ccccc1. The maximum Gasteiger partial charge on any atom is 0.252 e. The van der Waals surface area contributed by atoms with Gasteiger partial charge in [0, 0.05) is 50.7 Å². The number of benzene rings is 9. The Morgan fingerprint density at radius 2 is 0.863 bits per heavy atom. The summed E-state index contributed by atoms with van der Waals surface area (Å²) in [6.07, 6.45) is 4.71. The first-order chi connectivity index (χ1) is 38.1. The first kappa shape index (κ1) is 51.9. The second kappa shape index (κ2) is 18.5. The van der Waals surface area contributed by atoms with Gasteiger partial charge in [-0.15, -0.1) is 0 Å². The van der Waals surface area contributed by atoms with Crippen molar-refractivity contribution in [2.45, 2.75) is 143 Å². The zero-order chi connectivity index (χ0) is 55.8. The average molecular weight is 1040 g/mol. The van der Waals surface area contributed by atoms with Gasteiger partial charge in [0.1, 0.15) is 0 Å². The maximum atomic E-state index is 2.85. The molecule has 0 radical (unpaired) electrons. The molecule has 3 heterocycles. The quantitative estimate of drug-likeness (QED) is 0.154. The van der Waals surface area contributed by atoms with E-state index in [1.54, 1.807) is 0 Å². The summed E-state index contributed by atoms with van der Waals surface area (Å²) < 4.78 is 0. The molecule has 0 bridgehead atoms. The molecular weight excluding hydrogens is 966 g/mol. The third kappa shape index (κ3) is 8.13. The molecular formula is C76H78BN3. The molecule has 1 saturated carbocycles. The second-order valence-electron chi connectivity index (χ2n) is 27.5. The Labute approximate surface area is 478 Å². The van der Waals surface area contributed by atoms with Crippen LogP contribution in [0.5, 0.6) is 0 Å². The summed E-state index contributed by atoms with van der Waals surface area (Å²) in [5.41, 5.74) is 28.9. The Morgan fingerprint density at radius 1 is 0.412 bits per heavy atom. The van der Waals surface area contributed by atoms with Gasteiger partial charge in [-0.25, -0.2) is 0 Å². The molecule has 1 fully saturated rings. The molecule has 0 spiro atoms. The number of aryl methyl sites for hydroxylation is 2. The van der Waals surface area contributed by atoms with E-state index in [2.05, 4.69) is 293 Å². The summed E-state index contributed by atoms with van der Waals surface area (Å²) in [6.45, 7) is 30.9. The fourth-order valence-electron chi connectivity index (χ4n) is 14.6. The van der Waals surface area contributed by atoms with Crippen molar-refractivity contribution in [3.8, 4) is 33.4 Å². The van der Waals surface area contributed by atoms with Gasteiger partial charge in [0.15, 0.2) is 0 Å². The minimum Gasteiger partial charge on any atom is -0.334 e. The number of hydrogen-bond acceptors (Lipinski definition) is 3. The lowest BCUT2D eigenvalue weighted by atomic mass is 9.33. The molecule has 2 unspecified atom stereocenters. The van der Waals surface area contributed by atoms with Gasteiger partial charge < -0.3 is 14.7 Å². The summed E-state index contributed by atoms with van der Waals surface area (Å²) >= 11 is 0. The number of hydrogen-bond donors (Lipinski definition) is 0. The Hall–Kier alpha value is -7.56. The van der Waals surface area contributed by atoms with E-state index in [-0.39, 0.29) is 33.9 Å². The van der Waals surface area contributed by atoms with Crippen LogP contribution < -0.4 is 31.1 Å². The number of nitrogens with zero attached hydrogens (tertiary/aromatic N) is 3. The molecule has 9 aromatic rings. The Balaban J connectivity index is 1.21. The lowest BCUT2D eigenvalue weighted by molar-refractivity contribution is 0.195. The van der Waals surface area contributed by atoms with Crippen LogP contribution in [0.4, 0.5) is 45.5 Å². The van der Waals surface area contributed by atoms with Crippen LogP contribution in [0, 0.1) is 13.8 Å². The van der Waals surface area contributed by atoms with Gasteiger partial charge in [0.25, 0.3) is 6.71 Å². The van der Waals surface area contributed by atoms with Crippen LogP contribution in [0.2, 0.25) is 0 Å². The van der Waals surface area contributed by atoms with Gasteiger partial charge in [0.2, 0.25) is 0 Å². The van der Waals surface area contributed by atoms with Crippen molar-refractivity contribution in [1.82, 2.24) is 0 Å². The summed E-state index contributed by atoms with van der Waals surface area (Å²) in [4.78, 5) is 8.24. The normalized spacial score (nSPS) is 18.4. The van der Waals surface area contributed by atoms with Crippen molar-refractivity contribution in [2.24, 2.45) is 0 Å². The van der Waals surface area contributed by atoms with Crippen LogP contribution in [0.15, 0.2) is 188 Å². The third-order valence-corrected chi connectivity index (χ3v) is 19.2. The minimum atomic E-state index is -0.180. The highest BCUT2D eigenvalue weighted by molar-refractivity contribution is 7.00. The predicted molar refractivity (Wildman–Crippen MR) is 345 cm³/mol. The molecule has 13 rings (SSSR count). The maximum absolute atomic E-state index is 2.85. The number of fused-ring (bicyclic) bond motifs is 7. The zero-order valence-corrected chi connectivity index (χ0v) is 49.6. The average Bonchev–Trinajstić information content (AvgIpc) is 3.18. The fraction of sp³-hybridized carbons (Fsp3) is 0.289. The molecule has 2 atom stereocenters. The Kier molecular flexibility index (Phi) is 12.0. The summed E-state index contributed by atoms with van der Waals surface area (Å²) in [6, 6.07) is 73.1. The van der Waals surface area contributed by atoms with Gasteiger partial charge in [-0.3, -0.25) is 0 Å². The van der Waals surface area contributed by atoms with Crippen LogP contribution in [-0.4, -0.2) is 12.3 Å². The van der Waals surface area contributed by atoms with E-state index < -0.39 is 0 Å². The largest absolute Gasteiger partial charge is 0.334 e. The monoisotopic (exact) mass is 1040 g/mol. The third-order valence-electron chi connectivity index (χ3n) is 19.2. The van der Waals surface area contributed by atoms with Gasteiger partial charge in [-0.05, 0) is 165 Å². The molecule has 0 saturated heterocycles. The fourth-order valence-corrected chi connectivity index (χ4v) is 14.6. The van der Waals surface area contributed by atoms with E-state index in [9.17, 15) is 0 Å². The summed E-state index contributed by atoms with van der Waals surface area (Å²) in [5, 5.41) is 0. The van der Waals surface area contributed by atoms with Crippen molar-refractivity contribution in [3.63, 3.8) is 0 Å². The molecule has 400 valence electrons. The smallest absolute Gasteiger partial charge is 0.252 e. The molecule has 4 aliphatic rings. The molecule has 80 heavy (non-hydrogen) atoms. The minimum absolute atomic E-state index is 0.0463. The zero-order valence-electron chi connectivity index (χ0n) is 49.6. The van der Waals surface area contributed by atoms with Gasteiger partial charge in [-0.2, -0.15) is 0 Å². The van der Waals surface area contributed by atoms with E-state index in [1.807, 2.05) is 0 Å². The first-order valence-electron chi connectivity index (χ1n) is 29.6. The first-order valence-corrected chi connectivity index (χ1v) is 29.6. The molecule has 0 N–H and O–H groups in total. The van der Waals surface area contributed by atoms with E-state index in [0.29, 0.717) is 0 Å². The highest BCUT2D eigenvalue weighted by atomic mass is 15.3. The van der Waals surface area contributed by atoms with E-state index in [1.165, 1.54) is 141 Å². The predicted octanol–water partition coefficient (Wildman–Crippen LogP) is 19.0. The standard InChI is InChI=1S/C76H78BN3/c1-49-41-50(2)71-61(42-49)75(12)39-23-24-40-76(75,13)80(71)58-47-68-70-69(48-58)79(65-37-33-56(73(6,7)8)45-60(65)53-29-21-16-22-30-53)67-38-34-57(74(9,10)11)46-63(67)77(70)62-43-54(51-25-17-14-18-26-51)31-35-66(62)78(68)64-36-32-55(72(3,4)5)44-59(64)52-27-19-15-20-28-52/h14-22,25-38,41-48H,23-24,39-40H2,1-13H3. The van der Waals surface area contributed by atoms with Crippen molar-refractivity contribution in [1.29, 1.82) is 0 Å². The van der Waals surface area contributed by atoms with Gasteiger partial charge in [0.05, 0.1) is 16.9 Å². The lowest BCUT2D eigenvalue weighted by Gasteiger charge is -2.51. The lowest BCUT2D eigenvalue weighted by Crippen LogP contribution is -2.62. The second-order valence-corrected chi connectivity index (χ2v) is 27.5.